The number of rotatable bonds is 24. The number of anilines is 3. The second-order valence-corrected chi connectivity index (χ2v) is 22.2. The highest BCUT2D eigenvalue weighted by atomic mass is 32.2. The van der Waals surface area contributed by atoms with Crippen molar-refractivity contribution in [3.63, 3.8) is 0 Å². The number of halogens is 1. The van der Waals surface area contributed by atoms with Crippen LogP contribution in [0.2, 0.25) is 0 Å². The summed E-state index contributed by atoms with van der Waals surface area (Å²) in [5.74, 6) is -2.49. The molecule has 7 rings (SSSR count). The van der Waals surface area contributed by atoms with Gasteiger partial charge in [0.1, 0.15) is 41.4 Å². The number of aryl methyl sites for hydroxylation is 1. The predicted molar refractivity (Wildman–Crippen MR) is 284 cm³/mol. The zero-order valence-corrected chi connectivity index (χ0v) is 44.2. The molecule has 1 fully saturated rings. The summed E-state index contributed by atoms with van der Waals surface area (Å²) in [4.78, 5) is 77.8. The number of sulfonamides is 1. The highest BCUT2D eigenvalue weighted by Crippen LogP contribution is 2.37. The number of amides is 3. The molecule has 2 atom stereocenters. The van der Waals surface area contributed by atoms with Gasteiger partial charge in [0.25, 0.3) is 5.91 Å². The normalized spacial score (nSPS) is 14.0. The van der Waals surface area contributed by atoms with Crippen molar-refractivity contribution in [3.8, 4) is 27.4 Å². The van der Waals surface area contributed by atoms with Crippen LogP contribution in [0.5, 0.6) is 5.75 Å². The summed E-state index contributed by atoms with van der Waals surface area (Å²) in [5, 5.41) is 13.0. The third-order valence-corrected chi connectivity index (χ3v) is 15.2. The summed E-state index contributed by atoms with van der Waals surface area (Å²) in [7, 11) is -3.70. The Hall–Kier alpha value is -7.52. The molecule has 21 heteroatoms. The van der Waals surface area contributed by atoms with E-state index in [1.54, 1.807) is 22.3 Å². The number of ketones is 1. The maximum Gasteiger partial charge on any atom is 0.339 e. The van der Waals surface area contributed by atoms with Crippen molar-refractivity contribution in [2.24, 2.45) is 17.1 Å². The zero-order chi connectivity index (χ0) is 53.9. The molecule has 3 aromatic heterocycles. The molecule has 1 saturated heterocycles. The first-order valence-corrected chi connectivity index (χ1v) is 27.2. The third kappa shape index (κ3) is 14.6. The molecule has 396 valence electrons. The molecule has 0 radical (unpaired) electrons. The Balaban J connectivity index is 0.864. The predicted octanol–water partition coefficient (Wildman–Crippen LogP) is 8.87. The van der Waals surface area contributed by atoms with E-state index in [2.05, 4.69) is 35.5 Å². The lowest BCUT2D eigenvalue weighted by atomic mass is 9.76. The highest BCUT2D eigenvalue weighted by Gasteiger charge is 2.41. The molecule has 0 bridgehead atoms. The first-order valence-electron chi connectivity index (χ1n) is 24.7. The van der Waals surface area contributed by atoms with Crippen LogP contribution in [0.4, 0.5) is 21.7 Å². The van der Waals surface area contributed by atoms with Crippen LogP contribution in [-0.4, -0.2) is 87.9 Å². The van der Waals surface area contributed by atoms with Gasteiger partial charge in [0.15, 0.2) is 5.82 Å². The molecule has 1 aliphatic rings. The minimum Gasteiger partial charge on any atom is -0.487 e. The minimum atomic E-state index is -3.70. The van der Waals surface area contributed by atoms with Gasteiger partial charge in [-0.05, 0) is 104 Å². The van der Waals surface area contributed by atoms with Gasteiger partial charge in [-0.25, -0.2) is 27.6 Å². The number of esters is 1. The zero-order valence-electron chi connectivity index (χ0n) is 42.5. The number of unbranched alkanes of at least 4 members (excludes halogenated alkanes) is 1. The number of Topliss-reactive ketones (excluding diaryl/α,β-unsaturated/α-hetero) is 1. The van der Waals surface area contributed by atoms with Gasteiger partial charge < -0.3 is 30.7 Å². The third-order valence-electron chi connectivity index (χ3n) is 12.9. The van der Waals surface area contributed by atoms with Gasteiger partial charge >= 0.3 is 5.97 Å². The van der Waals surface area contributed by atoms with E-state index in [1.807, 2.05) is 57.5 Å². The lowest BCUT2D eigenvalue weighted by Crippen LogP contribution is -2.49. The van der Waals surface area contributed by atoms with E-state index in [-0.39, 0.29) is 89.3 Å². The molecule has 3 amide bonds. The average Bonchev–Trinajstić information content (AvgIpc) is 4.16. The van der Waals surface area contributed by atoms with Crippen molar-refractivity contribution < 1.29 is 46.3 Å². The van der Waals surface area contributed by atoms with E-state index in [9.17, 15) is 36.8 Å². The Bertz CT molecular complexity index is 3100. The van der Waals surface area contributed by atoms with Crippen LogP contribution in [-0.2, 0) is 42.3 Å². The Labute approximate surface area is 439 Å². The van der Waals surface area contributed by atoms with Crippen molar-refractivity contribution in [1.82, 2.24) is 30.4 Å². The maximum absolute atomic E-state index is 14.1. The van der Waals surface area contributed by atoms with Crippen LogP contribution in [0.1, 0.15) is 110 Å². The monoisotopic (exact) mass is 1060 g/mol. The van der Waals surface area contributed by atoms with Crippen molar-refractivity contribution in [1.29, 1.82) is 0 Å². The van der Waals surface area contributed by atoms with Gasteiger partial charge in [-0.3, -0.25) is 29.0 Å². The quantitative estimate of drug-likeness (QED) is 0.0281. The number of carbonyl (C=O) groups excluding carboxylic acids is 5. The maximum atomic E-state index is 14.1. The van der Waals surface area contributed by atoms with Crippen molar-refractivity contribution in [3.05, 3.63) is 124 Å². The lowest BCUT2D eigenvalue weighted by molar-refractivity contribution is -0.145. The molecule has 4 heterocycles. The number of aromatic nitrogens is 4. The number of carbonyl (C=O) groups is 5. The van der Waals surface area contributed by atoms with E-state index in [0.717, 1.165) is 28.1 Å². The number of nitrogens with two attached hydrogens (primary N) is 1. The number of benzene rings is 3. The Kier molecular flexibility index (Phi) is 18.2. The van der Waals surface area contributed by atoms with Crippen molar-refractivity contribution in [2.45, 2.75) is 98.8 Å². The van der Waals surface area contributed by atoms with Gasteiger partial charge in [-0.15, -0.1) is 11.3 Å². The number of nitrogens with one attached hydrogen (secondary N) is 4. The van der Waals surface area contributed by atoms with Gasteiger partial charge in [-0.1, -0.05) is 63.2 Å². The number of aromatic amines is 1. The van der Waals surface area contributed by atoms with Gasteiger partial charge in [0.2, 0.25) is 21.8 Å². The van der Waals surface area contributed by atoms with Gasteiger partial charge in [0.05, 0.1) is 45.4 Å². The summed E-state index contributed by atoms with van der Waals surface area (Å²) in [6, 6.07) is 20.6. The fraction of sp³-hybridized carbons (Fsp3) is 0.370. The number of H-pyrrole nitrogens is 1. The topological polar surface area (TPSA) is 258 Å². The fourth-order valence-corrected chi connectivity index (χ4v) is 10.1. The number of hydrogen-bond acceptors (Lipinski definition) is 14. The van der Waals surface area contributed by atoms with Crippen LogP contribution in [0.15, 0.2) is 90.6 Å². The Morgan fingerprint density at radius 2 is 1.68 bits per heavy atom. The summed E-state index contributed by atoms with van der Waals surface area (Å²) in [6.07, 6.45) is 4.31. The summed E-state index contributed by atoms with van der Waals surface area (Å²) < 4.78 is 52.4. The second-order valence-electron chi connectivity index (χ2n) is 19.3. The molecule has 1 aliphatic heterocycles. The molecular weight excluding hydrogens is 1000 g/mol. The van der Waals surface area contributed by atoms with E-state index < -0.39 is 45.1 Å². The van der Waals surface area contributed by atoms with E-state index in [1.165, 1.54) is 61.7 Å². The molecule has 0 spiro atoms. The van der Waals surface area contributed by atoms with E-state index >= 15 is 0 Å². The summed E-state index contributed by atoms with van der Waals surface area (Å²) in [6.45, 7) is 10.3. The average molecular weight is 1060 g/mol. The molecule has 75 heavy (non-hydrogen) atoms. The number of nitrogens with zero attached hydrogens (tertiary/aromatic N) is 4. The smallest absolute Gasteiger partial charge is 0.339 e. The van der Waals surface area contributed by atoms with Crippen molar-refractivity contribution in [2.75, 3.05) is 28.9 Å². The number of thiazole rings is 1. The Morgan fingerprint density at radius 3 is 2.35 bits per heavy atom. The molecule has 0 saturated carbocycles. The standard InChI is InChI=1S/C54H62FN9O9S2/c1-6-75(70,71)63-42-24-18-37(28-44(42)73-31-35-14-20-39(55)21-15-35)47-46(49(56)66)50(62-61-47)60-45-25-19-38(30-57-45)53(69)72-27-8-7-10-40(65)22-23-41(54(3,4)5)52(68)64-26-9-11-43(64)51(67)58-29-34-12-16-36(17-13-34)48-33(2)59-32-74-48/h12-21,24-25,28,30,32,41,43,63H,6-11,22-23,26-27,29,31H2,1-5H3,(H2,56,66)(H,58,67)(H2,57,60,61,62)/t41-,43+/m1/s1. The van der Waals surface area contributed by atoms with E-state index in [4.69, 9.17) is 15.2 Å². The molecule has 6 N–H and O–H groups in total. The summed E-state index contributed by atoms with van der Waals surface area (Å²) >= 11 is 1.58. The highest BCUT2D eigenvalue weighted by molar-refractivity contribution is 7.92. The van der Waals surface area contributed by atoms with Gasteiger partial charge in [0, 0.05) is 43.6 Å². The first-order chi connectivity index (χ1) is 35.8. The fourth-order valence-electron chi connectivity index (χ4n) is 8.65. The van der Waals surface area contributed by atoms with Crippen LogP contribution in [0.3, 0.4) is 0 Å². The van der Waals surface area contributed by atoms with Crippen LogP contribution in [0.25, 0.3) is 21.7 Å². The van der Waals surface area contributed by atoms with Crippen molar-refractivity contribution >= 4 is 68.2 Å². The largest absolute Gasteiger partial charge is 0.487 e. The number of primary amides is 1. The Morgan fingerprint density at radius 1 is 0.947 bits per heavy atom. The number of likely N-dealkylation sites (tertiary alicyclic amines) is 1. The molecule has 0 unspecified atom stereocenters. The van der Waals surface area contributed by atoms with E-state index in [0.29, 0.717) is 49.9 Å². The first kappa shape index (κ1) is 55.2. The number of hydrogen-bond donors (Lipinski definition) is 5. The minimum absolute atomic E-state index is 0.000970. The number of ether oxygens (including phenoxy) is 2. The molecule has 0 aliphatic carbocycles. The lowest BCUT2D eigenvalue weighted by Gasteiger charge is -2.35. The van der Waals surface area contributed by atoms with Crippen LogP contribution >= 0.6 is 11.3 Å². The number of pyridine rings is 1. The molecule has 6 aromatic rings. The SMILES string of the molecule is CCS(=O)(=O)Nc1ccc(-c2[nH]nc(Nc3ccc(C(=O)OCCCCC(=O)CC[C@H](C(=O)N4CCC[C@H]4C(=O)NCc4ccc(-c5scnc5C)cc4)C(C)(C)C)cn3)c2C(N)=O)cc1OCc1ccc(F)cc1. The van der Waals surface area contributed by atoms with Gasteiger partial charge in [-0.2, -0.15) is 5.10 Å². The van der Waals surface area contributed by atoms with Crippen LogP contribution in [0, 0.1) is 24.1 Å². The summed E-state index contributed by atoms with van der Waals surface area (Å²) in [5.41, 5.74) is 11.6. The molecular formula is C54H62FN9O9S2. The molecule has 18 nitrogen and oxygen atoms in total. The molecule has 3 aromatic carbocycles. The second kappa shape index (κ2) is 24.7. The van der Waals surface area contributed by atoms with Crippen LogP contribution < -0.4 is 25.8 Å².